The lowest BCUT2D eigenvalue weighted by atomic mass is 10.1. The van der Waals surface area contributed by atoms with E-state index >= 15 is 0 Å². The normalized spacial score (nSPS) is 17.9. The second-order valence-corrected chi connectivity index (χ2v) is 4.64. The monoisotopic (exact) mass is 250 g/mol. The molecule has 1 fully saturated rings. The van der Waals surface area contributed by atoms with Gasteiger partial charge in [-0.2, -0.15) is 0 Å². The molecule has 0 aromatic heterocycles. The SMILES string of the molecule is CCN1CCN(CC(=O)c2cccc(F)c2)CC1. The number of likely N-dealkylation sites (N-methyl/N-ethyl adjacent to an activating group) is 1. The summed E-state index contributed by atoms with van der Waals surface area (Å²) >= 11 is 0. The topological polar surface area (TPSA) is 23.6 Å². The number of piperazine rings is 1. The lowest BCUT2D eigenvalue weighted by molar-refractivity contribution is 0.0858. The Morgan fingerprint density at radius 1 is 1.22 bits per heavy atom. The van der Waals surface area contributed by atoms with Crippen molar-refractivity contribution in [3.05, 3.63) is 35.6 Å². The molecule has 2 rings (SSSR count). The van der Waals surface area contributed by atoms with Gasteiger partial charge in [0, 0.05) is 31.7 Å². The number of hydrogen-bond donors (Lipinski definition) is 0. The molecular weight excluding hydrogens is 231 g/mol. The van der Waals surface area contributed by atoms with Crippen LogP contribution in [0.1, 0.15) is 17.3 Å². The maximum atomic E-state index is 13.0. The van der Waals surface area contributed by atoms with Gasteiger partial charge in [0.05, 0.1) is 6.54 Å². The summed E-state index contributed by atoms with van der Waals surface area (Å²) in [5.74, 6) is -0.351. The Kier molecular flexibility index (Phi) is 4.44. The third-order valence-corrected chi connectivity index (χ3v) is 3.43. The van der Waals surface area contributed by atoms with Crippen molar-refractivity contribution in [3.8, 4) is 0 Å². The van der Waals surface area contributed by atoms with Crippen LogP contribution in [0, 0.1) is 5.82 Å². The highest BCUT2D eigenvalue weighted by Gasteiger charge is 2.18. The Hall–Kier alpha value is -1.26. The molecule has 1 saturated heterocycles. The lowest BCUT2D eigenvalue weighted by Crippen LogP contribution is -2.47. The van der Waals surface area contributed by atoms with Crippen molar-refractivity contribution >= 4 is 5.78 Å². The molecule has 1 heterocycles. The highest BCUT2D eigenvalue weighted by molar-refractivity contribution is 5.97. The number of ketones is 1. The van der Waals surface area contributed by atoms with Crippen molar-refractivity contribution in [2.75, 3.05) is 39.3 Å². The third-order valence-electron chi connectivity index (χ3n) is 3.43. The molecule has 0 saturated carbocycles. The van der Waals surface area contributed by atoms with Crippen molar-refractivity contribution in [2.45, 2.75) is 6.92 Å². The van der Waals surface area contributed by atoms with Gasteiger partial charge in [0.25, 0.3) is 0 Å². The zero-order valence-electron chi connectivity index (χ0n) is 10.7. The van der Waals surface area contributed by atoms with Gasteiger partial charge in [-0.15, -0.1) is 0 Å². The van der Waals surface area contributed by atoms with Crippen LogP contribution in [0.3, 0.4) is 0 Å². The van der Waals surface area contributed by atoms with Crippen LogP contribution in [0.15, 0.2) is 24.3 Å². The summed E-state index contributed by atoms with van der Waals surface area (Å²) in [5.41, 5.74) is 0.466. The summed E-state index contributed by atoms with van der Waals surface area (Å²) in [7, 11) is 0. The number of carbonyl (C=O) groups is 1. The van der Waals surface area contributed by atoms with Gasteiger partial charge in [0.15, 0.2) is 5.78 Å². The van der Waals surface area contributed by atoms with E-state index in [1.165, 1.54) is 12.1 Å². The number of Topliss-reactive ketones (excluding diaryl/α,β-unsaturated/α-hetero) is 1. The van der Waals surface area contributed by atoms with E-state index in [0.29, 0.717) is 12.1 Å². The Morgan fingerprint density at radius 2 is 1.89 bits per heavy atom. The number of carbonyl (C=O) groups excluding carboxylic acids is 1. The molecule has 1 aliphatic rings. The average molecular weight is 250 g/mol. The molecule has 18 heavy (non-hydrogen) atoms. The molecule has 4 heteroatoms. The quantitative estimate of drug-likeness (QED) is 0.759. The van der Waals surface area contributed by atoms with Crippen molar-refractivity contribution in [1.82, 2.24) is 9.80 Å². The fourth-order valence-electron chi connectivity index (χ4n) is 2.22. The molecule has 98 valence electrons. The number of benzene rings is 1. The summed E-state index contributed by atoms with van der Waals surface area (Å²) in [6.07, 6.45) is 0. The fourth-order valence-corrected chi connectivity index (χ4v) is 2.22. The number of halogens is 1. The first kappa shape index (κ1) is 13.2. The standard InChI is InChI=1S/C14H19FN2O/c1-2-16-6-8-17(9-7-16)11-14(18)12-4-3-5-13(15)10-12/h3-5,10H,2,6-9,11H2,1H3. The van der Waals surface area contributed by atoms with Gasteiger partial charge in [-0.05, 0) is 18.7 Å². The molecule has 0 atom stereocenters. The first-order valence-corrected chi connectivity index (χ1v) is 6.42. The fraction of sp³-hybridized carbons (Fsp3) is 0.500. The van der Waals surface area contributed by atoms with E-state index in [-0.39, 0.29) is 11.6 Å². The van der Waals surface area contributed by atoms with Crippen LogP contribution in [0.25, 0.3) is 0 Å². The van der Waals surface area contributed by atoms with E-state index in [1.807, 2.05) is 0 Å². The van der Waals surface area contributed by atoms with E-state index in [1.54, 1.807) is 12.1 Å². The maximum absolute atomic E-state index is 13.0. The molecule has 1 aromatic rings. The van der Waals surface area contributed by atoms with Crippen LogP contribution in [0.4, 0.5) is 4.39 Å². The van der Waals surface area contributed by atoms with E-state index in [0.717, 1.165) is 32.7 Å². The predicted octanol–water partition coefficient (Wildman–Crippen LogP) is 1.65. The second kappa shape index (κ2) is 6.07. The Bertz CT molecular complexity index is 414. The second-order valence-electron chi connectivity index (χ2n) is 4.64. The van der Waals surface area contributed by atoms with Crippen LogP contribution in [0.5, 0.6) is 0 Å². The molecule has 0 radical (unpaired) electrons. The highest BCUT2D eigenvalue weighted by Crippen LogP contribution is 2.07. The van der Waals surface area contributed by atoms with Crippen molar-refractivity contribution in [3.63, 3.8) is 0 Å². The van der Waals surface area contributed by atoms with Crippen molar-refractivity contribution < 1.29 is 9.18 Å². The minimum Gasteiger partial charge on any atom is -0.301 e. The minimum atomic E-state index is -0.350. The number of rotatable bonds is 4. The van der Waals surface area contributed by atoms with Crippen molar-refractivity contribution in [2.24, 2.45) is 0 Å². The van der Waals surface area contributed by atoms with Gasteiger partial charge < -0.3 is 4.90 Å². The van der Waals surface area contributed by atoms with Gasteiger partial charge >= 0.3 is 0 Å². The van der Waals surface area contributed by atoms with Gasteiger partial charge in [-0.1, -0.05) is 19.1 Å². The largest absolute Gasteiger partial charge is 0.301 e. The molecule has 0 bridgehead atoms. The molecule has 1 aromatic carbocycles. The van der Waals surface area contributed by atoms with Gasteiger partial charge in [0.1, 0.15) is 5.82 Å². The predicted molar refractivity (Wildman–Crippen MR) is 69.3 cm³/mol. The minimum absolute atomic E-state index is 0.000511. The molecule has 0 aliphatic carbocycles. The van der Waals surface area contributed by atoms with Gasteiger partial charge in [-0.3, -0.25) is 9.69 Å². The maximum Gasteiger partial charge on any atom is 0.176 e. The summed E-state index contributed by atoms with van der Waals surface area (Å²) in [5, 5.41) is 0. The molecule has 0 spiro atoms. The van der Waals surface area contributed by atoms with E-state index in [2.05, 4.69) is 16.7 Å². The van der Waals surface area contributed by atoms with Crippen LogP contribution >= 0.6 is 0 Å². The number of hydrogen-bond acceptors (Lipinski definition) is 3. The van der Waals surface area contributed by atoms with Gasteiger partial charge in [-0.25, -0.2) is 4.39 Å². The Morgan fingerprint density at radius 3 is 2.50 bits per heavy atom. The van der Waals surface area contributed by atoms with Crippen LogP contribution < -0.4 is 0 Å². The van der Waals surface area contributed by atoms with Crippen LogP contribution in [-0.4, -0.2) is 54.9 Å². The molecule has 0 unspecified atom stereocenters. The molecule has 0 amide bonds. The third kappa shape index (κ3) is 3.37. The lowest BCUT2D eigenvalue weighted by Gasteiger charge is -2.33. The summed E-state index contributed by atoms with van der Waals surface area (Å²) in [6, 6.07) is 5.92. The summed E-state index contributed by atoms with van der Waals surface area (Å²) < 4.78 is 13.0. The first-order valence-electron chi connectivity index (χ1n) is 6.42. The smallest absolute Gasteiger partial charge is 0.176 e. The average Bonchev–Trinajstić information content (AvgIpc) is 2.39. The zero-order chi connectivity index (χ0) is 13.0. The highest BCUT2D eigenvalue weighted by atomic mass is 19.1. The van der Waals surface area contributed by atoms with E-state index in [9.17, 15) is 9.18 Å². The van der Waals surface area contributed by atoms with Crippen LogP contribution in [0.2, 0.25) is 0 Å². The summed E-state index contributed by atoms with van der Waals surface area (Å²) in [4.78, 5) is 16.5. The number of nitrogens with zero attached hydrogens (tertiary/aromatic N) is 2. The van der Waals surface area contributed by atoms with E-state index < -0.39 is 0 Å². The Balaban J connectivity index is 1.89. The molecular formula is C14H19FN2O. The first-order chi connectivity index (χ1) is 8.69. The zero-order valence-corrected chi connectivity index (χ0v) is 10.7. The van der Waals surface area contributed by atoms with Crippen molar-refractivity contribution in [1.29, 1.82) is 0 Å². The van der Waals surface area contributed by atoms with Crippen LogP contribution in [-0.2, 0) is 0 Å². The summed E-state index contributed by atoms with van der Waals surface area (Å²) in [6.45, 7) is 7.43. The van der Waals surface area contributed by atoms with Gasteiger partial charge in [0.2, 0.25) is 0 Å². The molecule has 3 nitrogen and oxygen atoms in total. The van der Waals surface area contributed by atoms with E-state index in [4.69, 9.17) is 0 Å². The molecule has 1 aliphatic heterocycles. The Labute approximate surface area is 107 Å². The molecule has 0 N–H and O–H groups in total.